The van der Waals surface area contributed by atoms with Crippen LogP contribution in [0.3, 0.4) is 0 Å². The Hall–Kier alpha value is -2.21. The average Bonchev–Trinajstić information content (AvgIpc) is 2.63. The van der Waals surface area contributed by atoms with Crippen LogP contribution in [0.2, 0.25) is 0 Å². The first-order valence-electron chi connectivity index (χ1n) is 5.31. The summed E-state index contributed by atoms with van der Waals surface area (Å²) in [5.41, 5.74) is 7.11. The lowest BCUT2D eigenvalue weighted by molar-refractivity contribution is -0.114. The van der Waals surface area contributed by atoms with Crippen molar-refractivity contribution in [3.63, 3.8) is 0 Å². The summed E-state index contributed by atoms with van der Waals surface area (Å²) in [6.45, 7) is 1.76. The van der Waals surface area contributed by atoms with Crippen LogP contribution in [0.15, 0.2) is 47.2 Å². The maximum atomic E-state index is 12.1. The van der Waals surface area contributed by atoms with Gasteiger partial charge in [0.25, 0.3) is 5.91 Å². The van der Waals surface area contributed by atoms with E-state index >= 15 is 0 Å². The number of hydrogen-bond donors (Lipinski definition) is 2. The topological polar surface area (TPSA) is 70.7 Å². The molecule has 6 heteroatoms. The zero-order chi connectivity index (χ0) is 13.1. The van der Waals surface area contributed by atoms with Crippen molar-refractivity contribution >= 4 is 34.6 Å². The number of carbonyl (C=O) groups excluding carboxylic acids is 1. The lowest BCUT2D eigenvalue weighted by Gasteiger charge is -2.10. The predicted molar refractivity (Wildman–Crippen MR) is 75.0 cm³/mol. The number of thiocarbonyl (C=S) groups is 1. The van der Waals surface area contributed by atoms with Gasteiger partial charge in [0, 0.05) is 6.20 Å². The lowest BCUT2D eigenvalue weighted by atomic mass is 10.2. The molecule has 0 unspecified atom stereocenters. The molecular weight excluding hydrogens is 248 g/mol. The highest BCUT2D eigenvalue weighted by Crippen LogP contribution is 2.22. The third-order valence-electron chi connectivity index (χ3n) is 2.42. The summed E-state index contributed by atoms with van der Waals surface area (Å²) in [5, 5.41) is 8.31. The van der Waals surface area contributed by atoms with Crippen LogP contribution in [0.5, 0.6) is 0 Å². The molecule has 1 aromatic carbocycles. The van der Waals surface area contributed by atoms with E-state index in [0.717, 1.165) is 5.69 Å². The molecule has 0 bridgehead atoms. The van der Waals surface area contributed by atoms with Crippen LogP contribution >= 0.6 is 12.2 Å². The summed E-state index contributed by atoms with van der Waals surface area (Å²) < 4.78 is 0. The number of hydrazone groups is 1. The Morgan fingerprint density at radius 1 is 1.44 bits per heavy atom. The number of para-hydroxylation sites is 1. The number of anilines is 1. The Kier molecular flexibility index (Phi) is 3.38. The quantitative estimate of drug-likeness (QED) is 0.617. The second-order valence-corrected chi connectivity index (χ2v) is 4.14. The van der Waals surface area contributed by atoms with E-state index in [1.165, 1.54) is 11.2 Å². The number of nitrogens with two attached hydrogens (primary N) is 1. The number of amides is 1. The minimum absolute atomic E-state index is 0.112. The summed E-state index contributed by atoms with van der Waals surface area (Å²) in [7, 11) is 0. The predicted octanol–water partition coefficient (Wildman–Crippen LogP) is 1.13. The maximum Gasteiger partial charge on any atom is 0.282 e. The van der Waals surface area contributed by atoms with Gasteiger partial charge in [-0.3, -0.25) is 4.79 Å². The van der Waals surface area contributed by atoms with Crippen molar-refractivity contribution in [2.24, 2.45) is 10.8 Å². The summed E-state index contributed by atoms with van der Waals surface area (Å²) in [5.74, 6) is -0.206. The second-order valence-electron chi connectivity index (χ2n) is 3.70. The van der Waals surface area contributed by atoms with Crippen LogP contribution in [0.25, 0.3) is 0 Å². The van der Waals surface area contributed by atoms with E-state index in [9.17, 15) is 4.79 Å². The smallest absolute Gasteiger partial charge is 0.282 e. The Bertz CT molecular complexity index is 550. The van der Waals surface area contributed by atoms with Crippen LogP contribution < -0.4 is 16.1 Å². The molecule has 1 aromatic rings. The Balaban J connectivity index is 2.27. The number of nitrogens with one attached hydrogen (secondary N) is 1. The first-order chi connectivity index (χ1) is 8.59. The number of rotatable bonds is 2. The number of benzene rings is 1. The van der Waals surface area contributed by atoms with Crippen molar-refractivity contribution in [1.29, 1.82) is 0 Å². The largest absolute Gasteiger partial charge is 0.376 e. The summed E-state index contributed by atoms with van der Waals surface area (Å²) in [6, 6.07) is 9.22. The molecule has 18 heavy (non-hydrogen) atoms. The zero-order valence-corrected chi connectivity index (χ0v) is 10.6. The molecule has 1 aliphatic rings. The molecule has 1 aliphatic heterocycles. The first-order valence-corrected chi connectivity index (χ1v) is 5.71. The van der Waals surface area contributed by atoms with Crippen LogP contribution in [0.1, 0.15) is 6.92 Å². The van der Waals surface area contributed by atoms with Crippen LogP contribution in [-0.4, -0.2) is 16.7 Å². The molecule has 1 heterocycles. The van der Waals surface area contributed by atoms with Crippen molar-refractivity contribution < 1.29 is 4.79 Å². The standard InChI is InChI=1S/C12H12N4OS/c1-8-10(7-14-12(13)18)11(17)16(15-8)9-5-3-2-4-6-9/h2-7H,1H3,(H3,13,14,18)/b10-7+. The third kappa shape index (κ3) is 2.38. The van der Waals surface area contributed by atoms with Crippen molar-refractivity contribution in [1.82, 2.24) is 5.32 Å². The molecule has 0 saturated heterocycles. The van der Waals surface area contributed by atoms with Gasteiger partial charge in [0.05, 0.1) is 17.0 Å². The molecule has 92 valence electrons. The van der Waals surface area contributed by atoms with Gasteiger partial charge >= 0.3 is 0 Å². The molecule has 0 fully saturated rings. The zero-order valence-electron chi connectivity index (χ0n) is 9.75. The number of nitrogens with zero attached hydrogens (tertiary/aromatic N) is 2. The Labute approximate surface area is 110 Å². The van der Waals surface area contributed by atoms with E-state index in [-0.39, 0.29) is 11.0 Å². The SMILES string of the molecule is CC1=NN(c2ccccc2)C(=O)/C1=C/NC(N)=S. The maximum absolute atomic E-state index is 12.1. The average molecular weight is 260 g/mol. The van der Waals surface area contributed by atoms with Gasteiger partial charge in [-0.2, -0.15) is 10.1 Å². The fraction of sp³-hybridized carbons (Fsp3) is 0.0833. The van der Waals surface area contributed by atoms with Crippen LogP contribution in [0, 0.1) is 0 Å². The molecule has 0 radical (unpaired) electrons. The van der Waals surface area contributed by atoms with E-state index in [2.05, 4.69) is 22.6 Å². The van der Waals surface area contributed by atoms with Crippen LogP contribution in [-0.2, 0) is 4.79 Å². The van der Waals surface area contributed by atoms with Crippen molar-refractivity contribution in [3.8, 4) is 0 Å². The molecule has 3 N–H and O–H groups in total. The summed E-state index contributed by atoms with van der Waals surface area (Å²) in [6.07, 6.45) is 1.48. The van der Waals surface area contributed by atoms with Crippen molar-refractivity contribution in [3.05, 3.63) is 42.1 Å². The lowest BCUT2D eigenvalue weighted by Crippen LogP contribution is -2.27. The highest BCUT2D eigenvalue weighted by molar-refractivity contribution is 7.80. The van der Waals surface area contributed by atoms with Gasteiger partial charge in [0.1, 0.15) is 0 Å². The molecule has 5 nitrogen and oxygen atoms in total. The van der Waals surface area contributed by atoms with Gasteiger partial charge in [-0.25, -0.2) is 0 Å². The third-order valence-corrected chi connectivity index (χ3v) is 2.54. The van der Waals surface area contributed by atoms with Gasteiger partial charge < -0.3 is 11.1 Å². The molecular formula is C12H12N4OS. The van der Waals surface area contributed by atoms with Crippen LogP contribution in [0.4, 0.5) is 5.69 Å². The molecule has 0 saturated carbocycles. The fourth-order valence-corrected chi connectivity index (χ4v) is 1.63. The van der Waals surface area contributed by atoms with Gasteiger partial charge in [0.15, 0.2) is 5.11 Å². The number of hydrogen-bond acceptors (Lipinski definition) is 3. The minimum Gasteiger partial charge on any atom is -0.376 e. The molecule has 0 atom stereocenters. The van der Waals surface area contributed by atoms with E-state index in [1.807, 2.05) is 30.3 Å². The number of carbonyl (C=O) groups is 1. The van der Waals surface area contributed by atoms with Gasteiger partial charge in [-0.1, -0.05) is 18.2 Å². The van der Waals surface area contributed by atoms with E-state index in [1.54, 1.807) is 6.92 Å². The summed E-state index contributed by atoms with van der Waals surface area (Å²) >= 11 is 4.69. The fourth-order valence-electron chi connectivity index (χ4n) is 1.57. The van der Waals surface area contributed by atoms with E-state index < -0.39 is 0 Å². The van der Waals surface area contributed by atoms with Crippen molar-refractivity contribution in [2.45, 2.75) is 6.92 Å². The molecule has 1 amide bonds. The molecule has 0 spiro atoms. The van der Waals surface area contributed by atoms with Gasteiger partial charge in [0.2, 0.25) is 0 Å². The second kappa shape index (κ2) is 4.97. The first kappa shape index (κ1) is 12.3. The Morgan fingerprint density at radius 2 is 2.11 bits per heavy atom. The Morgan fingerprint density at radius 3 is 2.72 bits per heavy atom. The van der Waals surface area contributed by atoms with Gasteiger partial charge in [-0.15, -0.1) is 0 Å². The highest BCUT2D eigenvalue weighted by Gasteiger charge is 2.28. The molecule has 0 aromatic heterocycles. The van der Waals surface area contributed by atoms with Crippen molar-refractivity contribution in [2.75, 3.05) is 5.01 Å². The monoisotopic (exact) mass is 260 g/mol. The van der Waals surface area contributed by atoms with Gasteiger partial charge in [-0.05, 0) is 31.3 Å². The highest BCUT2D eigenvalue weighted by atomic mass is 32.1. The minimum atomic E-state index is -0.206. The molecule has 2 rings (SSSR count). The molecule has 0 aliphatic carbocycles. The van der Waals surface area contributed by atoms with E-state index in [4.69, 9.17) is 5.73 Å². The summed E-state index contributed by atoms with van der Waals surface area (Å²) in [4.78, 5) is 12.1. The van der Waals surface area contributed by atoms with E-state index in [0.29, 0.717) is 11.3 Å². The normalized spacial score (nSPS) is 16.9.